The Morgan fingerprint density at radius 1 is 1.00 bits per heavy atom. The molecule has 0 radical (unpaired) electrons. The van der Waals surface area contributed by atoms with Crippen molar-refractivity contribution < 1.29 is 4.79 Å². The lowest BCUT2D eigenvalue weighted by Crippen LogP contribution is -2.37. The third kappa shape index (κ3) is 3.73. The van der Waals surface area contributed by atoms with Crippen LogP contribution in [0.1, 0.15) is 25.8 Å². The van der Waals surface area contributed by atoms with E-state index in [1.807, 2.05) is 18.7 Å². The van der Waals surface area contributed by atoms with E-state index in [1.165, 1.54) is 16.3 Å². The second-order valence-corrected chi connectivity index (χ2v) is 6.75. The van der Waals surface area contributed by atoms with Crippen LogP contribution in [-0.4, -0.2) is 41.9 Å². The van der Waals surface area contributed by atoms with Crippen LogP contribution in [0.5, 0.6) is 0 Å². The first kappa shape index (κ1) is 16.0. The van der Waals surface area contributed by atoms with Crippen molar-refractivity contribution in [2.75, 3.05) is 26.2 Å². The first-order valence-electron chi connectivity index (χ1n) is 8.63. The van der Waals surface area contributed by atoms with E-state index >= 15 is 0 Å². The van der Waals surface area contributed by atoms with E-state index in [4.69, 9.17) is 0 Å². The van der Waals surface area contributed by atoms with Gasteiger partial charge in [-0.15, -0.1) is 0 Å². The predicted molar refractivity (Wildman–Crippen MR) is 95.3 cm³/mol. The van der Waals surface area contributed by atoms with E-state index in [-0.39, 0.29) is 11.8 Å². The minimum atomic E-state index is 0.0969. The van der Waals surface area contributed by atoms with Crippen molar-refractivity contribution in [1.82, 2.24) is 9.80 Å². The molecule has 3 rings (SSSR count). The summed E-state index contributed by atoms with van der Waals surface area (Å²) in [5, 5.41) is 2.64. The van der Waals surface area contributed by atoms with Crippen LogP contribution in [-0.2, 0) is 11.3 Å². The molecule has 0 saturated carbocycles. The second kappa shape index (κ2) is 7.14. The maximum Gasteiger partial charge on any atom is 0.225 e. The van der Waals surface area contributed by atoms with E-state index in [1.54, 1.807) is 0 Å². The van der Waals surface area contributed by atoms with Gasteiger partial charge in [0, 0.05) is 38.6 Å². The average molecular weight is 310 g/mol. The Labute approximate surface area is 138 Å². The molecule has 1 aliphatic heterocycles. The fourth-order valence-corrected chi connectivity index (χ4v) is 3.39. The van der Waals surface area contributed by atoms with Gasteiger partial charge < -0.3 is 4.90 Å². The number of rotatable bonds is 3. The highest BCUT2D eigenvalue weighted by molar-refractivity contribution is 5.85. The van der Waals surface area contributed by atoms with E-state index in [9.17, 15) is 4.79 Å². The van der Waals surface area contributed by atoms with Crippen LogP contribution in [0.25, 0.3) is 10.8 Å². The summed E-state index contributed by atoms with van der Waals surface area (Å²) in [6, 6.07) is 15.1. The van der Waals surface area contributed by atoms with Crippen molar-refractivity contribution in [3.8, 4) is 0 Å². The number of hydrogen-bond acceptors (Lipinski definition) is 2. The summed E-state index contributed by atoms with van der Waals surface area (Å²) in [6.45, 7) is 8.70. The summed E-state index contributed by atoms with van der Waals surface area (Å²) in [4.78, 5) is 16.7. The van der Waals surface area contributed by atoms with Crippen LogP contribution in [0.4, 0.5) is 0 Å². The van der Waals surface area contributed by atoms with E-state index in [0.29, 0.717) is 0 Å². The van der Waals surface area contributed by atoms with Crippen molar-refractivity contribution in [3.05, 3.63) is 48.0 Å². The Kier molecular flexibility index (Phi) is 4.97. The van der Waals surface area contributed by atoms with Crippen molar-refractivity contribution in [2.45, 2.75) is 26.8 Å². The van der Waals surface area contributed by atoms with Gasteiger partial charge in [-0.2, -0.15) is 0 Å². The quantitative estimate of drug-likeness (QED) is 0.866. The van der Waals surface area contributed by atoms with Gasteiger partial charge in [0.1, 0.15) is 0 Å². The third-order valence-electron chi connectivity index (χ3n) is 4.67. The second-order valence-electron chi connectivity index (χ2n) is 6.75. The summed E-state index contributed by atoms with van der Waals surface area (Å²) >= 11 is 0. The van der Waals surface area contributed by atoms with E-state index in [2.05, 4.69) is 47.4 Å². The highest BCUT2D eigenvalue weighted by Crippen LogP contribution is 2.20. The Hall–Kier alpha value is -1.87. The first-order chi connectivity index (χ1) is 11.1. The lowest BCUT2D eigenvalue weighted by Gasteiger charge is -2.23. The number of fused-ring (bicyclic) bond motifs is 1. The van der Waals surface area contributed by atoms with Gasteiger partial charge in [0.05, 0.1) is 0 Å². The van der Waals surface area contributed by atoms with Gasteiger partial charge in [0.25, 0.3) is 0 Å². The lowest BCUT2D eigenvalue weighted by atomic mass is 10.0. The molecule has 0 spiro atoms. The highest BCUT2D eigenvalue weighted by Gasteiger charge is 2.21. The highest BCUT2D eigenvalue weighted by atomic mass is 16.2. The number of carbonyl (C=O) groups is 1. The number of nitrogens with zero attached hydrogens (tertiary/aromatic N) is 2. The van der Waals surface area contributed by atoms with Crippen LogP contribution in [0, 0.1) is 5.92 Å². The molecule has 3 heteroatoms. The van der Waals surface area contributed by atoms with Crippen LogP contribution >= 0.6 is 0 Å². The zero-order valence-corrected chi connectivity index (χ0v) is 14.2. The minimum Gasteiger partial charge on any atom is -0.341 e. The van der Waals surface area contributed by atoms with Gasteiger partial charge in [-0.1, -0.05) is 56.3 Å². The van der Waals surface area contributed by atoms with Crippen molar-refractivity contribution in [3.63, 3.8) is 0 Å². The summed E-state index contributed by atoms with van der Waals surface area (Å²) in [7, 11) is 0. The zero-order valence-electron chi connectivity index (χ0n) is 14.2. The maximum atomic E-state index is 12.2. The largest absolute Gasteiger partial charge is 0.341 e. The predicted octanol–water partition coefficient (Wildman–Crippen LogP) is 3.53. The monoisotopic (exact) mass is 310 g/mol. The first-order valence-corrected chi connectivity index (χ1v) is 8.63. The Morgan fingerprint density at radius 2 is 1.78 bits per heavy atom. The van der Waals surface area contributed by atoms with Crippen molar-refractivity contribution in [1.29, 1.82) is 0 Å². The number of amides is 1. The van der Waals surface area contributed by atoms with Gasteiger partial charge in [0.2, 0.25) is 5.91 Å². The molecule has 0 aromatic heterocycles. The molecule has 1 amide bonds. The smallest absolute Gasteiger partial charge is 0.225 e. The van der Waals surface area contributed by atoms with Gasteiger partial charge in [-0.3, -0.25) is 9.69 Å². The molecular formula is C20H26N2O. The topological polar surface area (TPSA) is 23.6 Å². The van der Waals surface area contributed by atoms with Crippen LogP contribution < -0.4 is 0 Å². The van der Waals surface area contributed by atoms with E-state index < -0.39 is 0 Å². The van der Waals surface area contributed by atoms with Gasteiger partial charge >= 0.3 is 0 Å². The van der Waals surface area contributed by atoms with Gasteiger partial charge in [0.15, 0.2) is 0 Å². The normalized spacial score (nSPS) is 16.7. The summed E-state index contributed by atoms with van der Waals surface area (Å²) in [5.74, 6) is 0.386. The molecule has 122 valence electrons. The summed E-state index contributed by atoms with van der Waals surface area (Å²) < 4.78 is 0. The molecule has 3 nitrogen and oxygen atoms in total. The number of carbonyl (C=O) groups excluding carboxylic acids is 1. The molecule has 2 aromatic carbocycles. The molecule has 0 aliphatic carbocycles. The molecule has 2 aromatic rings. The van der Waals surface area contributed by atoms with Crippen molar-refractivity contribution >= 4 is 16.7 Å². The fraction of sp³-hybridized carbons (Fsp3) is 0.450. The standard InChI is InChI=1S/C20H26N2O/c1-16(2)20(23)22-12-6-11-21(13-14-22)15-18-9-5-8-17-7-3-4-10-19(17)18/h3-5,7-10,16H,6,11-15H2,1-2H3. The van der Waals surface area contributed by atoms with E-state index in [0.717, 1.165) is 39.1 Å². The Balaban J connectivity index is 1.70. The third-order valence-corrected chi connectivity index (χ3v) is 4.67. The average Bonchev–Trinajstić information content (AvgIpc) is 2.80. The van der Waals surface area contributed by atoms with Gasteiger partial charge in [-0.25, -0.2) is 0 Å². The van der Waals surface area contributed by atoms with Crippen LogP contribution in [0.2, 0.25) is 0 Å². The molecule has 0 unspecified atom stereocenters. The molecule has 1 heterocycles. The van der Waals surface area contributed by atoms with Gasteiger partial charge in [-0.05, 0) is 22.8 Å². The summed E-state index contributed by atoms with van der Waals surface area (Å²) in [5.41, 5.74) is 1.38. The lowest BCUT2D eigenvalue weighted by molar-refractivity contribution is -0.134. The minimum absolute atomic E-state index is 0.0969. The summed E-state index contributed by atoms with van der Waals surface area (Å²) in [6.07, 6.45) is 1.06. The fourth-order valence-electron chi connectivity index (χ4n) is 3.39. The van der Waals surface area contributed by atoms with Crippen molar-refractivity contribution in [2.24, 2.45) is 5.92 Å². The SMILES string of the molecule is CC(C)C(=O)N1CCCN(Cc2cccc3ccccc23)CC1. The van der Waals surface area contributed by atoms with Crippen LogP contribution in [0.3, 0.4) is 0 Å². The molecule has 1 saturated heterocycles. The maximum absolute atomic E-state index is 12.2. The molecule has 23 heavy (non-hydrogen) atoms. The molecule has 1 fully saturated rings. The molecule has 0 N–H and O–H groups in total. The van der Waals surface area contributed by atoms with Crippen LogP contribution in [0.15, 0.2) is 42.5 Å². The molecule has 0 atom stereocenters. The number of benzene rings is 2. The molecular weight excluding hydrogens is 284 g/mol. The molecule has 0 bridgehead atoms. The zero-order chi connectivity index (χ0) is 16.2. The Bertz CT molecular complexity index is 675. The Morgan fingerprint density at radius 3 is 2.61 bits per heavy atom. The molecule has 1 aliphatic rings. The number of hydrogen-bond donors (Lipinski definition) is 0.